The highest BCUT2D eigenvalue weighted by Gasteiger charge is 2.22. The first-order chi connectivity index (χ1) is 6.77. The second-order valence-corrected chi connectivity index (χ2v) is 2.93. The van der Waals surface area contributed by atoms with E-state index in [2.05, 4.69) is 5.10 Å². The van der Waals surface area contributed by atoms with Crippen LogP contribution in [0.3, 0.4) is 0 Å². The number of carbonyl (C=O) groups excluding carboxylic acids is 2. The fourth-order valence-corrected chi connectivity index (χ4v) is 1.29. The molecule has 0 fully saturated rings. The Kier molecular flexibility index (Phi) is 2.14. The molecule has 5 nitrogen and oxygen atoms in total. The van der Waals surface area contributed by atoms with Crippen LogP contribution in [0.4, 0.5) is 0 Å². The third kappa shape index (κ3) is 1.56. The maximum atomic E-state index is 11.1. The van der Waals surface area contributed by atoms with Crippen LogP contribution in [0.15, 0.2) is 30.6 Å². The van der Waals surface area contributed by atoms with Gasteiger partial charge in [0.15, 0.2) is 0 Å². The van der Waals surface area contributed by atoms with Crippen molar-refractivity contribution < 1.29 is 9.59 Å². The Balaban J connectivity index is 1.93. The molecule has 0 bridgehead atoms. The van der Waals surface area contributed by atoms with Gasteiger partial charge in [0.05, 0.1) is 6.54 Å². The van der Waals surface area contributed by atoms with Gasteiger partial charge in [0, 0.05) is 31.1 Å². The highest BCUT2D eigenvalue weighted by Crippen LogP contribution is 2.03. The molecule has 2 rings (SSSR count). The Morgan fingerprint density at radius 3 is 2.43 bits per heavy atom. The molecule has 72 valence electrons. The van der Waals surface area contributed by atoms with Gasteiger partial charge in [0.2, 0.25) is 0 Å². The molecule has 5 heteroatoms. The zero-order valence-electron chi connectivity index (χ0n) is 7.46. The van der Waals surface area contributed by atoms with Gasteiger partial charge in [0.25, 0.3) is 11.8 Å². The quantitative estimate of drug-likeness (QED) is 0.622. The predicted molar refractivity (Wildman–Crippen MR) is 48.1 cm³/mol. The van der Waals surface area contributed by atoms with Crippen molar-refractivity contribution in [3.63, 3.8) is 0 Å². The Morgan fingerprint density at radius 1 is 1.14 bits per heavy atom. The van der Waals surface area contributed by atoms with Crippen molar-refractivity contribution in [1.29, 1.82) is 0 Å². The van der Waals surface area contributed by atoms with Gasteiger partial charge in [-0.15, -0.1) is 0 Å². The molecule has 0 radical (unpaired) electrons. The monoisotopic (exact) mass is 191 g/mol. The lowest BCUT2D eigenvalue weighted by Gasteiger charge is -2.12. The van der Waals surface area contributed by atoms with Gasteiger partial charge in [-0.1, -0.05) is 0 Å². The maximum Gasteiger partial charge on any atom is 0.253 e. The Morgan fingerprint density at radius 2 is 1.86 bits per heavy atom. The van der Waals surface area contributed by atoms with Crippen LogP contribution in [-0.4, -0.2) is 33.0 Å². The first-order valence-electron chi connectivity index (χ1n) is 4.28. The van der Waals surface area contributed by atoms with Gasteiger partial charge in [-0.25, -0.2) is 0 Å². The number of aromatic nitrogens is 2. The maximum absolute atomic E-state index is 11.1. The van der Waals surface area contributed by atoms with Crippen molar-refractivity contribution in [2.75, 3.05) is 6.54 Å². The lowest BCUT2D eigenvalue weighted by Crippen LogP contribution is -2.33. The van der Waals surface area contributed by atoms with E-state index in [0.717, 1.165) is 0 Å². The summed E-state index contributed by atoms with van der Waals surface area (Å²) in [5.41, 5.74) is 0. The van der Waals surface area contributed by atoms with E-state index in [1.807, 2.05) is 0 Å². The molecule has 1 aliphatic rings. The summed E-state index contributed by atoms with van der Waals surface area (Å²) < 4.78 is 1.68. The third-order valence-corrected chi connectivity index (χ3v) is 2.01. The molecule has 0 N–H and O–H groups in total. The topological polar surface area (TPSA) is 55.2 Å². The average Bonchev–Trinajstić information content (AvgIpc) is 2.76. The number of carbonyl (C=O) groups is 2. The van der Waals surface area contributed by atoms with Crippen molar-refractivity contribution in [3.05, 3.63) is 30.6 Å². The van der Waals surface area contributed by atoms with Crippen LogP contribution in [0.2, 0.25) is 0 Å². The fourth-order valence-electron chi connectivity index (χ4n) is 1.29. The Hall–Kier alpha value is -1.91. The van der Waals surface area contributed by atoms with Crippen LogP contribution >= 0.6 is 0 Å². The largest absolute Gasteiger partial charge is 0.274 e. The molecule has 0 atom stereocenters. The highest BCUT2D eigenvalue weighted by molar-refractivity contribution is 6.12. The zero-order valence-corrected chi connectivity index (χ0v) is 7.46. The van der Waals surface area contributed by atoms with Crippen molar-refractivity contribution in [2.45, 2.75) is 6.54 Å². The lowest BCUT2D eigenvalue weighted by molar-refractivity contribution is -0.136. The van der Waals surface area contributed by atoms with Crippen molar-refractivity contribution in [2.24, 2.45) is 0 Å². The summed E-state index contributed by atoms with van der Waals surface area (Å²) in [6.07, 6.45) is 6.02. The summed E-state index contributed by atoms with van der Waals surface area (Å²) in [6, 6.07) is 1.80. The predicted octanol–water partition coefficient (Wildman–Crippen LogP) is -0.192. The van der Waals surface area contributed by atoms with E-state index in [1.54, 1.807) is 23.1 Å². The molecule has 1 aliphatic heterocycles. The van der Waals surface area contributed by atoms with Crippen LogP contribution < -0.4 is 0 Å². The molecule has 1 aromatic rings. The van der Waals surface area contributed by atoms with Crippen molar-refractivity contribution >= 4 is 11.8 Å². The Labute approximate surface area is 80.6 Å². The van der Waals surface area contributed by atoms with Gasteiger partial charge in [0.1, 0.15) is 0 Å². The highest BCUT2D eigenvalue weighted by atomic mass is 16.2. The van der Waals surface area contributed by atoms with Crippen LogP contribution in [0.1, 0.15) is 0 Å². The van der Waals surface area contributed by atoms with Crippen LogP contribution in [-0.2, 0) is 16.1 Å². The number of nitrogens with zero attached hydrogens (tertiary/aromatic N) is 3. The number of rotatable bonds is 3. The third-order valence-electron chi connectivity index (χ3n) is 2.01. The second kappa shape index (κ2) is 3.45. The van der Waals surface area contributed by atoms with Crippen LogP contribution in [0.5, 0.6) is 0 Å². The molecule has 0 saturated heterocycles. The summed E-state index contributed by atoms with van der Waals surface area (Å²) in [4.78, 5) is 23.5. The number of amides is 2. The molecule has 0 saturated carbocycles. The van der Waals surface area contributed by atoms with Crippen LogP contribution in [0.25, 0.3) is 0 Å². The summed E-state index contributed by atoms with van der Waals surface area (Å²) in [5, 5.41) is 3.97. The first kappa shape index (κ1) is 8.68. The summed E-state index contributed by atoms with van der Waals surface area (Å²) in [6.45, 7) is 0.901. The standard InChI is InChI=1S/C9H9N3O2/c13-8-2-3-9(14)12(8)7-6-11-5-1-4-10-11/h1-5H,6-7H2. The zero-order chi connectivity index (χ0) is 9.97. The van der Waals surface area contributed by atoms with Gasteiger partial charge in [-0.3, -0.25) is 19.2 Å². The van der Waals surface area contributed by atoms with E-state index in [9.17, 15) is 9.59 Å². The Bertz CT molecular complexity index is 363. The summed E-state index contributed by atoms with van der Waals surface area (Å²) >= 11 is 0. The molecular weight excluding hydrogens is 182 g/mol. The average molecular weight is 191 g/mol. The van der Waals surface area contributed by atoms with Crippen molar-refractivity contribution in [1.82, 2.24) is 14.7 Å². The minimum absolute atomic E-state index is 0.248. The lowest BCUT2D eigenvalue weighted by atomic mass is 10.5. The first-order valence-corrected chi connectivity index (χ1v) is 4.28. The molecule has 0 unspecified atom stereocenters. The van der Waals surface area contributed by atoms with Crippen LogP contribution in [0, 0.1) is 0 Å². The van der Waals surface area contributed by atoms with E-state index < -0.39 is 0 Å². The molecule has 14 heavy (non-hydrogen) atoms. The van der Waals surface area contributed by atoms with Crippen molar-refractivity contribution in [3.8, 4) is 0 Å². The second-order valence-electron chi connectivity index (χ2n) is 2.93. The fraction of sp³-hybridized carbons (Fsp3) is 0.222. The van der Waals surface area contributed by atoms with Gasteiger partial charge in [-0.2, -0.15) is 5.10 Å². The van der Waals surface area contributed by atoms with Gasteiger partial charge < -0.3 is 0 Å². The minimum atomic E-state index is -0.248. The normalized spacial score (nSPS) is 15.6. The van der Waals surface area contributed by atoms with Gasteiger partial charge >= 0.3 is 0 Å². The van der Waals surface area contributed by atoms with E-state index in [-0.39, 0.29) is 11.8 Å². The molecule has 0 spiro atoms. The number of imide groups is 1. The van der Waals surface area contributed by atoms with E-state index >= 15 is 0 Å². The molecular formula is C9H9N3O2. The number of hydrogen-bond donors (Lipinski definition) is 0. The smallest absolute Gasteiger partial charge is 0.253 e. The number of hydrogen-bond acceptors (Lipinski definition) is 3. The van der Waals surface area contributed by atoms with Gasteiger partial charge in [-0.05, 0) is 6.07 Å². The molecule has 1 aromatic heterocycles. The van der Waals surface area contributed by atoms with E-state index in [1.165, 1.54) is 17.1 Å². The molecule has 2 heterocycles. The van der Waals surface area contributed by atoms with E-state index in [4.69, 9.17) is 0 Å². The molecule has 0 aromatic carbocycles. The summed E-state index contributed by atoms with van der Waals surface area (Å²) in [5.74, 6) is -0.496. The summed E-state index contributed by atoms with van der Waals surface area (Å²) in [7, 11) is 0. The molecule has 2 amide bonds. The van der Waals surface area contributed by atoms with E-state index in [0.29, 0.717) is 13.1 Å². The minimum Gasteiger partial charge on any atom is -0.274 e. The SMILES string of the molecule is O=C1C=CC(=O)N1CCn1cccn1. The molecule has 0 aliphatic carbocycles.